The van der Waals surface area contributed by atoms with Gasteiger partial charge < -0.3 is 9.84 Å². The van der Waals surface area contributed by atoms with E-state index in [1.54, 1.807) is 0 Å². The molecular formula is C18H18ClF3O3. The molecule has 0 radical (unpaired) electrons. The molecule has 1 aromatic rings. The molecule has 0 spiro atoms. The maximum Gasteiger partial charge on any atom is 0.430 e. The fraction of sp³-hybridized carbons (Fsp3) is 0.500. The number of aliphatic carboxylic acids is 1. The Morgan fingerprint density at radius 3 is 2.52 bits per heavy atom. The summed E-state index contributed by atoms with van der Waals surface area (Å²) in [5, 5.41) is 9.49. The van der Waals surface area contributed by atoms with Crippen molar-refractivity contribution >= 4 is 23.6 Å². The Morgan fingerprint density at radius 1 is 1.24 bits per heavy atom. The van der Waals surface area contributed by atoms with Crippen LogP contribution in [0.3, 0.4) is 0 Å². The average Bonchev–Trinajstić information content (AvgIpc) is 2.54. The third-order valence-corrected chi connectivity index (χ3v) is 5.15. The second-order valence-corrected chi connectivity index (χ2v) is 7.04. The fourth-order valence-corrected chi connectivity index (χ4v) is 3.78. The van der Waals surface area contributed by atoms with Crippen molar-refractivity contribution in [2.75, 3.05) is 0 Å². The molecule has 1 unspecified atom stereocenters. The van der Waals surface area contributed by atoms with Crippen molar-refractivity contribution in [1.82, 2.24) is 0 Å². The van der Waals surface area contributed by atoms with Gasteiger partial charge >= 0.3 is 12.1 Å². The molecule has 1 fully saturated rings. The smallest absolute Gasteiger partial charge is 0.430 e. The van der Waals surface area contributed by atoms with E-state index in [9.17, 15) is 18.0 Å². The monoisotopic (exact) mass is 374 g/mol. The summed E-state index contributed by atoms with van der Waals surface area (Å²) in [4.78, 5) is 11.2. The van der Waals surface area contributed by atoms with Gasteiger partial charge in [0.05, 0.1) is 5.57 Å². The second-order valence-electron chi connectivity index (χ2n) is 6.63. The number of fused-ring (bicyclic) bond motifs is 1. The molecule has 1 saturated carbocycles. The van der Waals surface area contributed by atoms with E-state index in [4.69, 9.17) is 21.4 Å². The Kier molecular flexibility index (Phi) is 5.00. The quantitative estimate of drug-likeness (QED) is 0.785. The number of carboxylic acids is 1. The summed E-state index contributed by atoms with van der Waals surface area (Å²) in [5.74, 6) is -1.16. The van der Waals surface area contributed by atoms with E-state index in [0.717, 1.165) is 37.3 Å². The van der Waals surface area contributed by atoms with Crippen LogP contribution in [0.2, 0.25) is 5.02 Å². The molecule has 1 N–H and O–H groups in total. The van der Waals surface area contributed by atoms with Gasteiger partial charge in [-0.1, -0.05) is 43.7 Å². The molecule has 1 heterocycles. The number of halogens is 4. The highest BCUT2D eigenvalue weighted by molar-refractivity contribution is 6.31. The molecule has 7 heteroatoms. The lowest BCUT2D eigenvalue weighted by atomic mass is 9.84. The second kappa shape index (κ2) is 6.90. The Labute approximate surface area is 148 Å². The van der Waals surface area contributed by atoms with E-state index in [0.29, 0.717) is 17.4 Å². The number of carbonyl (C=O) groups is 1. The maximum atomic E-state index is 13.1. The van der Waals surface area contributed by atoms with Crippen LogP contribution < -0.4 is 4.74 Å². The topological polar surface area (TPSA) is 46.5 Å². The van der Waals surface area contributed by atoms with Crippen LogP contribution in [0, 0.1) is 5.92 Å². The highest BCUT2D eigenvalue weighted by Gasteiger charge is 2.48. The number of carboxylic acid groups (broad SMARTS) is 1. The Hall–Kier alpha value is -1.69. The minimum absolute atomic E-state index is 0.0301. The molecule has 3 nitrogen and oxygen atoms in total. The van der Waals surface area contributed by atoms with Gasteiger partial charge in [0, 0.05) is 10.6 Å². The summed E-state index contributed by atoms with van der Waals surface area (Å²) in [6.45, 7) is 0. The van der Waals surface area contributed by atoms with Crippen molar-refractivity contribution in [1.29, 1.82) is 0 Å². The zero-order valence-corrected chi connectivity index (χ0v) is 14.2. The van der Waals surface area contributed by atoms with Crippen molar-refractivity contribution in [3.8, 4) is 5.75 Å². The molecule has 0 bridgehead atoms. The van der Waals surface area contributed by atoms with Gasteiger partial charge in [-0.3, -0.25) is 0 Å². The molecule has 136 valence electrons. The van der Waals surface area contributed by atoms with Gasteiger partial charge in [-0.05, 0) is 36.1 Å². The van der Waals surface area contributed by atoms with E-state index in [1.807, 2.05) is 0 Å². The summed E-state index contributed by atoms with van der Waals surface area (Å²) >= 11 is 6.28. The first-order valence-corrected chi connectivity index (χ1v) is 8.64. The van der Waals surface area contributed by atoms with Gasteiger partial charge in [-0.25, -0.2) is 4.79 Å². The van der Waals surface area contributed by atoms with Crippen LogP contribution in [-0.4, -0.2) is 23.4 Å². The van der Waals surface area contributed by atoms with Crippen LogP contribution in [0.15, 0.2) is 17.7 Å². The summed E-state index contributed by atoms with van der Waals surface area (Å²) < 4.78 is 44.5. The van der Waals surface area contributed by atoms with E-state index in [-0.39, 0.29) is 11.3 Å². The van der Waals surface area contributed by atoms with Crippen molar-refractivity contribution in [2.45, 2.75) is 50.8 Å². The van der Waals surface area contributed by atoms with Gasteiger partial charge in [0.1, 0.15) is 5.75 Å². The van der Waals surface area contributed by atoms with Crippen molar-refractivity contribution < 1.29 is 27.8 Å². The van der Waals surface area contributed by atoms with Gasteiger partial charge in [0.25, 0.3) is 0 Å². The SMILES string of the molecule is O=C(O)C1=Cc2cc(Cl)c(CC3CCCCC3)cc2OC1C(F)(F)F. The predicted octanol–water partition coefficient (Wildman–Crippen LogP) is 5.25. The first-order chi connectivity index (χ1) is 11.8. The van der Waals surface area contributed by atoms with E-state index >= 15 is 0 Å². The van der Waals surface area contributed by atoms with Crippen LogP contribution in [0.25, 0.3) is 6.08 Å². The number of ether oxygens (including phenoxy) is 1. The van der Waals surface area contributed by atoms with Gasteiger partial charge in [-0.15, -0.1) is 0 Å². The minimum atomic E-state index is -4.80. The molecule has 1 atom stereocenters. The molecule has 1 aromatic carbocycles. The molecule has 0 saturated heterocycles. The van der Waals surface area contributed by atoms with E-state index in [2.05, 4.69) is 0 Å². The maximum absolute atomic E-state index is 13.1. The number of hydrogen-bond donors (Lipinski definition) is 1. The van der Waals surface area contributed by atoms with Crippen LogP contribution in [0.5, 0.6) is 5.75 Å². The van der Waals surface area contributed by atoms with Gasteiger partial charge in [-0.2, -0.15) is 13.2 Å². The highest BCUT2D eigenvalue weighted by Crippen LogP contribution is 2.40. The summed E-state index contributed by atoms with van der Waals surface area (Å²) in [6, 6.07) is 3.02. The molecule has 1 aliphatic heterocycles. The van der Waals surface area contributed by atoms with E-state index < -0.39 is 23.8 Å². The average molecular weight is 375 g/mol. The lowest BCUT2D eigenvalue weighted by Gasteiger charge is -2.28. The Balaban J connectivity index is 1.93. The molecule has 2 aliphatic rings. The number of hydrogen-bond acceptors (Lipinski definition) is 2. The summed E-state index contributed by atoms with van der Waals surface area (Å²) in [6.07, 6.45) is 0.122. The molecular weight excluding hydrogens is 357 g/mol. The van der Waals surface area contributed by atoms with Crippen LogP contribution in [0.1, 0.15) is 43.2 Å². The normalized spacial score (nSPS) is 21.3. The van der Waals surface area contributed by atoms with Crippen LogP contribution >= 0.6 is 11.6 Å². The third kappa shape index (κ3) is 3.94. The molecule has 0 aromatic heterocycles. The number of alkyl halides is 3. The van der Waals surface area contributed by atoms with Crippen LogP contribution in [0.4, 0.5) is 13.2 Å². The Morgan fingerprint density at radius 2 is 1.92 bits per heavy atom. The van der Waals surface area contributed by atoms with Crippen molar-refractivity contribution in [3.05, 3.63) is 33.9 Å². The van der Waals surface area contributed by atoms with Gasteiger partial charge in [0.2, 0.25) is 6.10 Å². The molecule has 0 amide bonds. The fourth-order valence-electron chi connectivity index (χ4n) is 3.54. The lowest BCUT2D eigenvalue weighted by Crippen LogP contribution is -2.40. The molecule has 25 heavy (non-hydrogen) atoms. The highest BCUT2D eigenvalue weighted by atomic mass is 35.5. The molecule has 3 rings (SSSR count). The number of benzene rings is 1. The standard InChI is InChI=1S/C18H18ClF3O3/c19-14-8-12-7-13(17(23)24)16(18(20,21)22)25-15(12)9-11(14)6-10-4-2-1-3-5-10/h7-10,16H,1-6H2,(H,23,24). The lowest BCUT2D eigenvalue weighted by molar-refractivity contribution is -0.187. The largest absolute Gasteiger partial charge is 0.478 e. The first kappa shape index (κ1) is 18.1. The first-order valence-electron chi connectivity index (χ1n) is 8.26. The molecule has 1 aliphatic carbocycles. The van der Waals surface area contributed by atoms with Gasteiger partial charge in [0.15, 0.2) is 0 Å². The zero-order valence-electron chi connectivity index (χ0n) is 13.4. The van der Waals surface area contributed by atoms with Crippen molar-refractivity contribution in [2.24, 2.45) is 5.92 Å². The Bertz CT molecular complexity index is 706. The third-order valence-electron chi connectivity index (χ3n) is 4.79. The zero-order chi connectivity index (χ0) is 18.2. The number of rotatable bonds is 3. The minimum Gasteiger partial charge on any atom is -0.478 e. The van der Waals surface area contributed by atoms with Crippen molar-refractivity contribution in [3.63, 3.8) is 0 Å². The van der Waals surface area contributed by atoms with Crippen LogP contribution in [-0.2, 0) is 11.2 Å². The summed E-state index contributed by atoms with van der Waals surface area (Å²) in [5.41, 5.74) is 0.173. The van der Waals surface area contributed by atoms with E-state index in [1.165, 1.54) is 18.6 Å². The predicted molar refractivity (Wildman–Crippen MR) is 87.8 cm³/mol. The summed E-state index contributed by atoms with van der Waals surface area (Å²) in [7, 11) is 0.